The highest BCUT2D eigenvalue weighted by Gasteiger charge is 2.12. The van der Waals surface area contributed by atoms with Gasteiger partial charge in [-0.05, 0) is 43.1 Å². The summed E-state index contributed by atoms with van der Waals surface area (Å²) in [5.41, 5.74) is 2.45. The molecule has 0 heterocycles. The third kappa shape index (κ3) is 4.78. The molecular formula is C17H26N2S. The molecule has 20 heavy (non-hydrogen) atoms. The van der Waals surface area contributed by atoms with Gasteiger partial charge in [0.05, 0.1) is 0 Å². The average molecular weight is 290 g/mol. The van der Waals surface area contributed by atoms with E-state index < -0.39 is 0 Å². The number of aryl methyl sites for hydroxylation is 1. The highest BCUT2D eigenvalue weighted by molar-refractivity contribution is 7.80. The van der Waals surface area contributed by atoms with E-state index in [4.69, 9.17) is 12.2 Å². The van der Waals surface area contributed by atoms with Gasteiger partial charge in [0, 0.05) is 11.7 Å². The predicted molar refractivity (Wildman–Crippen MR) is 91.3 cm³/mol. The Hall–Kier alpha value is -1.09. The summed E-state index contributed by atoms with van der Waals surface area (Å²) in [6, 6.07) is 8.94. The highest BCUT2D eigenvalue weighted by Crippen LogP contribution is 2.18. The summed E-state index contributed by atoms with van der Waals surface area (Å²) in [5, 5.41) is 7.65. The minimum absolute atomic E-state index is 0.545. The van der Waals surface area contributed by atoms with Gasteiger partial charge in [-0.3, -0.25) is 0 Å². The Balaban J connectivity index is 1.87. The van der Waals surface area contributed by atoms with E-state index >= 15 is 0 Å². The number of rotatable bonds is 3. The summed E-state index contributed by atoms with van der Waals surface area (Å²) in [4.78, 5) is 0. The maximum Gasteiger partial charge on any atom is 0.171 e. The number of para-hydroxylation sites is 1. The van der Waals surface area contributed by atoms with Gasteiger partial charge in [-0.25, -0.2) is 0 Å². The van der Waals surface area contributed by atoms with E-state index in [2.05, 4.69) is 41.8 Å². The molecule has 0 atom stereocenters. The van der Waals surface area contributed by atoms with Crippen LogP contribution in [0.3, 0.4) is 0 Å². The van der Waals surface area contributed by atoms with E-state index in [-0.39, 0.29) is 0 Å². The lowest BCUT2D eigenvalue weighted by Crippen LogP contribution is -2.38. The van der Waals surface area contributed by atoms with Gasteiger partial charge >= 0.3 is 0 Å². The van der Waals surface area contributed by atoms with Gasteiger partial charge in [0.2, 0.25) is 0 Å². The average Bonchev–Trinajstić information content (AvgIpc) is 2.42. The first-order valence-corrected chi connectivity index (χ1v) is 8.36. The van der Waals surface area contributed by atoms with Gasteiger partial charge < -0.3 is 10.6 Å². The molecule has 0 amide bonds. The molecule has 1 fully saturated rings. The molecule has 1 saturated carbocycles. The second kappa shape index (κ2) is 8.25. The van der Waals surface area contributed by atoms with Crippen molar-refractivity contribution in [2.75, 3.05) is 5.32 Å². The van der Waals surface area contributed by atoms with Crippen LogP contribution in [0.1, 0.15) is 57.4 Å². The summed E-state index contributed by atoms with van der Waals surface area (Å²) in [6.07, 6.45) is 10.3. The topological polar surface area (TPSA) is 24.1 Å². The van der Waals surface area contributed by atoms with E-state index in [1.165, 1.54) is 50.5 Å². The van der Waals surface area contributed by atoms with Crippen LogP contribution in [0, 0.1) is 0 Å². The van der Waals surface area contributed by atoms with Crippen LogP contribution in [-0.4, -0.2) is 11.2 Å². The van der Waals surface area contributed by atoms with Crippen LogP contribution in [0.4, 0.5) is 5.69 Å². The Morgan fingerprint density at radius 2 is 1.75 bits per heavy atom. The van der Waals surface area contributed by atoms with Crippen LogP contribution < -0.4 is 10.6 Å². The molecule has 2 rings (SSSR count). The number of thiocarbonyl (C=S) groups is 1. The first-order chi connectivity index (χ1) is 9.79. The van der Waals surface area contributed by atoms with Crippen molar-refractivity contribution in [1.29, 1.82) is 0 Å². The second-order valence-corrected chi connectivity index (χ2v) is 6.06. The molecule has 0 saturated heterocycles. The first-order valence-electron chi connectivity index (χ1n) is 7.95. The van der Waals surface area contributed by atoms with E-state index in [0.29, 0.717) is 6.04 Å². The normalized spacial score (nSPS) is 17.1. The second-order valence-electron chi connectivity index (χ2n) is 5.65. The van der Waals surface area contributed by atoms with Crippen LogP contribution in [0.2, 0.25) is 0 Å². The summed E-state index contributed by atoms with van der Waals surface area (Å²) in [5.74, 6) is 0. The smallest absolute Gasteiger partial charge is 0.171 e. The summed E-state index contributed by atoms with van der Waals surface area (Å²) < 4.78 is 0. The number of nitrogens with one attached hydrogen (secondary N) is 2. The third-order valence-electron chi connectivity index (χ3n) is 4.09. The fraction of sp³-hybridized carbons (Fsp3) is 0.588. The number of anilines is 1. The van der Waals surface area contributed by atoms with Gasteiger partial charge in [0.15, 0.2) is 5.11 Å². The van der Waals surface area contributed by atoms with Crippen molar-refractivity contribution in [2.45, 2.75) is 64.3 Å². The lowest BCUT2D eigenvalue weighted by atomic mass is 9.97. The van der Waals surface area contributed by atoms with Crippen LogP contribution >= 0.6 is 12.2 Å². The van der Waals surface area contributed by atoms with E-state index in [1.54, 1.807) is 0 Å². The largest absolute Gasteiger partial charge is 0.360 e. The first kappa shape index (κ1) is 15.3. The van der Waals surface area contributed by atoms with Crippen LogP contribution in [0.5, 0.6) is 0 Å². The van der Waals surface area contributed by atoms with Crippen molar-refractivity contribution < 1.29 is 0 Å². The van der Waals surface area contributed by atoms with Gasteiger partial charge in [0.25, 0.3) is 0 Å². The molecule has 1 aliphatic rings. The predicted octanol–water partition coefficient (Wildman–Crippen LogP) is 4.65. The Kier molecular flexibility index (Phi) is 6.31. The van der Waals surface area contributed by atoms with Crippen molar-refractivity contribution in [2.24, 2.45) is 0 Å². The van der Waals surface area contributed by atoms with Crippen LogP contribution in [-0.2, 0) is 6.42 Å². The Morgan fingerprint density at radius 1 is 1.10 bits per heavy atom. The number of hydrogen-bond acceptors (Lipinski definition) is 1. The summed E-state index contributed by atoms with van der Waals surface area (Å²) >= 11 is 5.48. The molecule has 0 radical (unpaired) electrons. The highest BCUT2D eigenvalue weighted by atomic mass is 32.1. The van der Waals surface area contributed by atoms with E-state index in [9.17, 15) is 0 Å². The molecule has 2 nitrogen and oxygen atoms in total. The SMILES string of the molecule is CCc1ccccc1NC(=S)NC1CCCCCCC1. The monoisotopic (exact) mass is 290 g/mol. The summed E-state index contributed by atoms with van der Waals surface area (Å²) in [6.45, 7) is 2.17. The van der Waals surface area contributed by atoms with Crippen molar-refractivity contribution >= 4 is 23.0 Å². The fourth-order valence-corrected chi connectivity index (χ4v) is 3.17. The molecule has 1 aromatic rings. The van der Waals surface area contributed by atoms with Crippen molar-refractivity contribution in [3.63, 3.8) is 0 Å². The molecule has 3 heteroatoms. The lowest BCUT2D eigenvalue weighted by molar-refractivity contribution is 0.430. The van der Waals surface area contributed by atoms with Crippen molar-refractivity contribution in [3.8, 4) is 0 Å². The molecule has 0 aliphatic heterocycles. The third-order valence-corrected chi connectivity index (χ3v) is 4.31. The van der Waals surface area contributed by atoms with Gasteiger partial charge in [-0.1, -0.05) is 57.2 Å². The zero-order chi connectivity index (χ0) is 14.2. The van der Waals surface area contributed by atoms with Crippen molar-refractivity contribution in [1.82, 2.24) is 5.32 Å². The molecule has 0 unspecified atom stereocenters. The van der Waals surface area contributed by atoms with Crippen molar-refractivity contribution in [3.05, 3.63) is 29.8 Å². The van der Waals surface area contributed by atoms with Crippen LogP contribution in [0.15, 0.2) is 24.3 Å². The number of benzene rings is 1. The number of hydrogen-bond donors (Lipinski definition) is 2. The fourth-order valence-electron chi connectivity index (χ4n) is 2.89. The quantitative estimate of drug-likeness (QED) is 0.792. The minimum Gasteiger partial charge on any atom is -0.360 e. The maximum absolute atomic E-state index is 5.48. The molecular weight excluding hydrogens is 264 g/mol. The molecule has 0 spiro atoms. The minimum atomic E-state index is 0.545. The van der Waals surface area contributed by atoms with E-state index in [0.717, 1.165) is 17.2 Å². The Morgan fingerprint density at radius 3 is 2.45 bits per heavy atom. The van der Waals surface area contributed by atoms with Crippen LogP contribution in [0.25, 0.3) is 0 Å². The lowest BCUT2D eigenvalue weighted by Gasteiger charge is -2.23. The maximum atomic E-state index is 5.48. The summed E-state index contributed by atoms with van der Waals surface area (Å²) in [7, 11) is 0. The zero-order valence-corrected chi connectivity index (χ0v) is 13.3. The molecule has 1 aromatic carbocycles. The van der Waals surface area contributed by atoms with Gasteiger partial charge in [0.1, 0.15) is 0 Å². The zero-order valence-electron chi connectivity index (χ0n) is 12.5. The molecule has 2 N–H and O–H groups in total. The Bertz CT molecular complexity index is 423. The molecule has 110 valence electrons. The van der Waals surface area contributed by atoms with Gasteiger partial charge in [-0.15, -0.1) is 0 Å². The standard InChI is InChI=1S/C17H26N2S/c1-2-14-10-8-9-13-16(14)19-17(20)18-15-11-6-4-3-5-7-12-15/h8-10,13,15H,2-7,11-12H2,1H3,(H2,18,19,20). The van der Waals surface area contributed by atoms with Gasteiger partial charge in [-0.2, -0.15) is 0 Å². The van der Waals surface area contributed by atoms with E-state index in [1.807, 2.05) is 0 Å². The Labute approximate surface area is 128 Å². The molecule has 1 aliphatic carbocycles. The molecule has 0 bridgehead atoms. The molecule has 0 aromatic heterocycles.